The SMILES string of the molecule is CNCc1ccc(Oc2cc(Br)ccc2F)cc1C. The molecule has 0 saturated carbocycles. The lowest BCUT2D eigenvalue weighted by Gasteiger charge is -2.10. The number of aryl methyl sites for hydroxylation is 1. The van der Waals surface area contributed by atoms with E-state index in [1.54, 1.807) is 12.1 Å². The lowest BCUT2D eigenvalue weighted by atomic mass is 10.1. The van der Waals surface area contributed by atoms with Crippen LogP contribution in [0.15, 0.2) is 40.9 Å². The molecule has 100 valence electrons. The van der Waals surface area contributed by atoms with Gasteiger partial charge in [0.05, 0.1) is 0 Å². The Morgan fingerprint density at radius 3 is 2.68 bits per heavy atom. The minimum atomic E-state index is -0.375. The standard InChI is InChI=1S/C15H15BrFNO/c1-10-7-13(5-3-11(10)9-18-2)19-15-8-12(16)4-6-14(15)17/h3-8,18H,9H2,1-2H3. The van der Waals surface area contributed by atoms with Gasteiger partial charge in [0.25, 0.3) is 0 Å². The second-order valence-electron chi connectivity index (χ2n) is 4.30. The number of nitrogens with one attached hydrogen (secondary N) is 1. The molecular formula is C15H15BrFNO. The highest BCUT2D eigenvalue weighted by molar-refractivity contribution is 9.10. The highest BCUT2D eigenvalue weighted by Gasteiger charge is 2.07. The average Bonchev–Trinajstić information content (AvgIpc) is 2.37. The summed E-state index contributed by atoms with van der Waals surface area (Å²) < 4.78 is 20.0. The Labute approximate surface area is 120 Å². The molecule has 0 bridgehead atoms. The molecule has 0 aromatic heterocycles. The number of benzene rings is 2. The van der Waals surface area contributed by atoms with E-state index in [1.807, 2.05) is 32.2 Å². The van der Waals surface area contributed by atoms with Crippen molar-refractivity contribution in [1.82, 2.24) is 5.32 Å². The topological polar surface area (TPSA) is 21.3 Å². The molecule has 4 heteroatoms. The largest absolute Gasteiger partial charge is 0.454 e. The Bertz CT molecular complexity index is 586. The second-order valence-corrected chi connectivity index (χ2v) is 5.21. The maximum absolute atomic E-state index is 13.6. The summed E-state index contributed by atoms with van der Waals surface area (Å²) >= 11 is 3.30. The van der Waals surface area contributed by atoms with Gasteiger partial charge in [-0.15, -0.1) is 0 Å². The molecule has 0 radical (unpaired) electrons. The third-order valence-corrected chi connectivity index (χ3v) is 3.30. The van der Waals surface area contributed by atoms with Crippen molar-refractivity contribution in [2.45, 2.75) is 13.5 Å². The molecule has 0 amide bonds. The van der Waals surface area contributed by atoms with Gasteiger partial charge >= 0.3 is 0 Å². The summed E-state index contributed by atoms with van der Waals surface area (Å²) in [5.41, 5.74) is 2.31. The van der Waals surface area contributed by atoms with Crippen LogP contribution in [0.4, 0.5) is 4.39 Å². The monoisotopic (exact) mass is 323 g/mol. The molecule has 2 nitrogen and oxygen atoms in total. The van der Waals surface area contributed by atoms with Crippen molar-refractivity contribution < 1.29 is 9.13 Å². The number of hydrogen-bond donors (Lipinski definition) is 1. The zero-order valence-electron chi connectivity index (χ0n) is 10.8. The summed E-state index contributed by atoms with van der Waals surface area (Å²) in [6, 6.07) is 10.4. The van der Waals surface area contributed by atoms with E-state index in [2.05, 4.69) is 21.2 Å². The molecule has 0 saturated heterocycles. The Morgan fingerprint density at radius 2 is 2.00 bits per heavy atom. The molecule has 19 heavy (non-hydrogen) atoms. The number of ether oxygens (including phenoxy) is 1. The Kier molecular flexibility index (Phi) is 4.56. The minimum absolute atomic E-state index is 0.218. The van der Waals surface area contributed by atoms with Crippen LogP contribution >= 0.6 is 15.9 Å². The first-order valence-corrected chi connectivity index (χ1v) is 6.76. The Hall–Kier alpha value is -1.39. The molecule has 2 rings (SSSR count). The second kappa shape index (κ2) is 6.17. The Morgan fingerprint density at radius 1 is 1.21 bits per heavy atom. The van der Waals surface area contributed by atoms with Crippen molar-refractivity contribution in [3.8, 4) is 11.5 Å². The van der Waals surface area contributed by atoms with Crippen LogP contribution in [0.5, 0.6) is 11.5 Å². The predicted octanol–water partition coefficient (Wildman–Crippen LogP) is 4.41. The van der Waals surface area contributed by atoms with Crippen molar-refractivity contribution in [1.29, 1.82) is 0 Å². The van der Waals surface area contributed by atoms with Gasteiger partial charge in [-0.2, -0.15) is 0 Å². The molecule has 0 heterocycles. The lowest BCUT2D eigenvalue weighted by Crippen LogP contribution is -2.06. The van der Waals surface area contributed by atoms with Crippen LogP contribution in [-0.4, -0.2) is 7.05 Å². The van der Waals surface area contributed by atoms with Gasteiger partial charge < -0.3 is 10.1 Å². The third kappa shape index (κ3) is 3.55. The van der Waals surface area contributed by atoms with Crippen LogP contribution in [-0.2, 0) is 6.54 Å². The fraction of sp³-hybridized carbons (Fsp3) is 0.200. The molecule has 0 aliphatic carbocycles. The molecule has 2 aromatic carbocycles. The van der Waals surface area contributed by atoms with Crippen molar-refractivity contribution in [2.24, 2.45) is 0 Å². The van der Waals surface area contributed by atoms with Crippen LogP contribution < -0.4 is 10.1 Å². The maximum Gasteiger partial charge on any atom is 0.165 e. The van der Waals surface area contributed by atoms with Gasteiger partial charge in [0.15, 0.2) is 11.6 Å². The van der Waals surface area contributed by atoms with Crippen LogP contribution in [0.3, 0.4) is 0 Å². The first-order chi connectivity index (χ1) is 9.10. The first kappa shape index (κ1) is 14.0. The van der Waals surface area contributed by atoms with E-state index in [9.17, 15) is 4.39 Å². The van der Waals surface area contributed by atoms with E-state index in [1.165, 1.54) is 11.6 Å². The van der Waals surface area contributed by atoms with Gasteiger partial charge in [0, 0.05) is 11.0 Å². The van der Waals surface area contributed by atoms with E-state index in [4.69, 9.17) is 4.74 Å². The fourth-order valence-electron chi connectivity index (χ4n) is 1.80. The number of halogens is 2. The smallest absolute Gasteiger partial charge is 0.165 e. The maximum atomic E-state index is 13.6. The molecule has 2 aromatic rings. The van der Waals surface area contributed by atoms with E-state index in [-0.39, 0.29) is 11.6 Å². The van der Waals surface area contributed by atoms with E-state index in [0.717, 1.165) is 16.6 Å². The van der Waals surface area contributed by atoms with Gasteiger partial charge in [-0.1, -0.05) is 22.0 Å². The van der Waals surface area contributed by atoms with Gasteiger partial charge in [0.1, 0.15) is 5.75 Å². The molecule has 0 spiro atoms. The number of hydrogen-bond acceptors (Lipinski definition) is 2. The van der Waals surface area contributed by atoms with Crippen molar-refractivity contribution in [2.75, 3.05) is 7.05 Å². The minimum Gasteiger partial charge on any atom is -0.454 e. The van der Waals surface area contributed by atoms with E-state index < -0.39 is 0 Å². The van der Waals surface area contributed by atoms with E-state index >= 15 is 0 Å². The summed E-state index contributed by atoms with van der Waals surface area (Å²) in [5, 5.41) is 3.10. The zero-order chi connectivity index (χ0) is 13.8. The highest BCUT2D eigenvalue weighted by Crippen LogP contribution is 2.28. The molecule has 0 atom stereocenters. The van der Waals surface area contributed by atoms with Crippen LogP contribution in [0.25, 0.3) is 0 Å². The molecular weight excluding hydrogens is 309 g/mol. The van der Waals surface area contributed by atoms with Crippen molar-refractivity contribution >= 4 is 15.9 Å². The normalized spacial score (nSPS) is 10.5. The Balaban J connectivity index is 2.24. The van der Waals surface area contributed by atoms with Gasteiger partial charge in [-0.3, -0.25) is 0 Å². The molecule has 0 aliphatic rings. The van der Waals surface area contributed by atoms with Crippen molar-refractivity contribution in [3.05, 3.63) is 57.8 Å². The predicted molar refractivity (Wildman–Crippen MR) is 78.1 cm³/mol. The van der Waals surface area contributed by atoms with Gasteiger partial charge in [-0.05, 0) is 55.4 Å². The van der Waals surface area contributed by atoms with Gasteiger partial charge in [-0.25, -0.2) is 4.39 Å². The average molecular weight is 324 g/mol. The van der Waals surface area contributed by atoms with Crippen LogP contribution in [0.2, 0.25) is 0 Å². The fourth-order valence-corrected chi connectivity index (χ4v) is 2.14. The zero-order valence-corrected chi connectivity index (χ0v) is 12.4. The van der Waals surface area contributed by atoms with Crippen molar-refractivity contribution in [3.63, 3.8) is 0 Å². The highest BCUT2D eigenvalue weighted by atomic mass is 79.9. The summed E-state index contributed by atoms with van der Waals surface area (Å²) in [5.74, 6) is 0.477. The molecule has 1 N–H and O–H groups in total. The third-order valence-electron chi connectivity index (χ3n) is 2.80. The molecule has 0 fully saturated rings. The number of rotatable bonds is 4. The van der Waals surface area contributed by atoms with Gasteiger partial charge in [0.2, 0.25) is 0 Å². The first-order valence-electron chi connectivity index (χ1n) is 5.97. The molecule has 0 unspecified atom stereocenters. The summed E-state index contributed by atoms with van der Waals surface area (Å²) in [4.78, 5) is 0. The lowest BCUT2D eigenvalue weighted by molar-refractivity contribution is 0.441. The summed E-state index contributed by atoms with van der Waals surface area (Å²) in [6.07, 6.45) is 0. The van der Waals surface area contributed by atoms with E-state index in [0.29, 0.717) is 5.75 Å². The quantitative estimate of drug-likeness (QED) is 0.899. The summed E-state index contributed by atoms with van der Waals surface area (Å²) in [7, 11) is 1.90. The molecule has 0 aliphatic heterocycles. The summed E-state index contributed by atoms with van der Waals surface area (Å²) in [6.45, 7) is 2.81. The van der Waals surface area contributed by atoms with Crippen LogP contribution in [0.1, 0.15) is 11.1 Å². The van der Waals surface area contributed by atoms with Crippen LogP contribution in [0, 0.1) is 12.7 Å².